The van der Waals surface area contributed by atoms with Gasteiger partial charge in [0.15, 0.2) is 17.3 Å². The molecule has 0 spiro atoms. The molecule has 0 radical (unpaired) electrons. The standard InChI is InChI=1S/C9H7FN2O3/c10-6-2-1-4(7(13)8(6)14)5-3-12-15-9(5)11/h1-3,13-14H,11H2. The van der Waals surface area contributed by atoms with Crippen LogP contribution < -0.4 is 5.73 Å². The SMILES string of the molecule is Nc1oncc1-c1ccc(F)c(O)c1O. The summed E-state index contributed by atoms with van der Waals surface area (Å²) < 4.78 is 17.4. The van der Waals surface area contributed by atoms with Crippen molar-refractivity contribution in [3.63, 3.8) is 0 Å². The van der Waals surface area contributed by atoms with Gasteiger partial charge in [-0.05, 0) is 12.1 Å². The molecule has 1 heterocycles. The number of nitrogens with zero attached hydrogens (tertiary/aromatic N) is 1. The van der Waals surface area contributed by atoms with Crippen LogP contribution in [0.1, 0.15) is 0 Å². The maximum Gasteiger partial charge on any atom is 0.230 e. The number of hydrogen-bond donors (Lipinski definition) is 3. The highest BCUT2D eigenvalue weighted by atomic mass is 19.1. The molecule has 4 N–H and O–H groups in total. The maximum absolute atomic E-state index is 12.8. The van der Waals surface area contributed by atoms with Crippen molar-refractivity contribution in [2.24, 2.45) is 0 Å². The molecule has 0 unspecified atom stereocenters. The zero-order valence-electron chi connectivity index (χ0n) is 7.44. The van der Waals surface area contributed by atoms with Crippen molar-refractivity contribution >= 4 is 5.88 Å². The van der Waals surface area contributed by atoms with E-state index in [1.165, 1.54) is 12.3 Å². The van der Waals surface area contributed by atoms with Gasteiger partial charge >= 0.3 is 0 Å². The molecule has 2 aromatic rings. The molecule has 0 saturated carbocycles. The Bertz CT molecular complexity index is 510. The number of benzene rings is 1. The van der Waals surface area contributed by atoms with Gasteiger partial charge in [0.05, 0.1) is 11.8 Å². The summed E-state index contributed by atoms with van der Waals surface area (Å²) in [7, 11) is 0. The summed E-state index contributed by atoms with van der Waals surface area (Å²) in [6.45, 7) is 0. The number of phenols is 2. The summed E-state index contributed by atoms with van der Waals surface area (Å²) in [5, 5.41) is 22.0. The number of rotatable bonds is 1. The van der Waals surface area contributed by atoms with Crippen molar-refractivity contribution in [3.8, 4) is 22.6 Å². The lowest BCUT2D eigenvalue weighted by Crippen LogP contribution is -1.87. The molecule has 0 amide bonds. The van der Waals surface area contributed by atoms with E-state index in [0.29, 0.717) is 5.56 Å². The summed E-state index contributed by atoms with van der Waals surface area (Å²) in [5.74, 6) is -2.35. The number of aromatic hydroxyl groups is 2. The van der Waals surface area contributed by atoms with Crippen LogP contribution in [0.25, 0.3) is 11.1 Å². The molecule has 0 saturated heterocycles. The second kappa shape index (κ2) is 3.16. The molecule has 15 heavy (non-hydrogen) atoms. The van der Waals surface area contributed by atoms with Gasteiger partial charge in [-0.1, -0.05) is 5.16 Å². The summed E-state index contributed by atoms with van der Waals surface area (Å²) in [5.41, 5.74) is 5.87. The van der Waals surface area contributed by atoms with Crippen LogP contribution in [0, 0.1) is 5.82 Å². The Balaban J connectivity index is 2.65. The van der Waals surface area contributed by atoms with Crippen molar-refractivity contribution in [3.05, 3.63) is 24.1 Å². The van der Waals surface area contributed by atoms with Gasteiger partial charge in [-0.2, -0.15) is 0 Å². The van der Waals surface area contributed by atoms with E-state index in [1.807, 2.05) is 0 Å². The molecule has 0 atom stereocenters. The molecule has 0 bridgehead atoms. The first kappa shape index (κ1) is 9.32. The Morgan fingerprint density at radius 2 is 1.93 bits per heavy atom. The van der Waals surface area contributed by atoms with Crippen molar-refractivity contribution in [1.29, 1.82) is 0 Å². The van der Waals surface area contributed by atoms with Crippen molar-refractivity contribution in [2.45, 2.75) is 0 Å². The quantitative estimate of drug-likeness (QED) is 0.620. The lowest BCUT2D eigenvalue weighted by molar-refractivity contribution is 0.380. The monoisotopic (exact) mass is 210 g/mol. The number of nitrogen functional groups attached to an aromatic ring is 1. The molecule has 2 rings (SSSR count). The lowest BCUT2D eigenvalue weighted by atomic mass is 10.1. The van der Waals surface area contributed by atoms with E-state index in [1.54, 1.807) is 0 Å². The Kier molecular flexibility index (Phi) is 1.96. The second-order valence-corrected chi connectivity index (χ2v) is 2.90. The molecule has 1 aromatic carbocycles. The van der Waals surface area contributed by atoms with E-state index in [9.17, 15) is 9.50 Å². The Labute approximate surface area is 83.5 Å². The van der Waals surface area contributed by atoms with E-state index < -0.39 is 17.3 Å². The van der Waals surface area contributed by atoms with E-state index >= 15 is 0 Å². The van der Waals surface area contributed by atoms with Gasteiger partial charge in [-0.15, -0.1) is 0 Å². The van der Waals surface area contributed by atoms with Crippen LogP contribution in [0.5, 0.6) is 11.5 Å². The van der Waals surface area contributed by atoms with Crippen LogP contribution in [0.3, 0.4) is 0 Å². The molecular weight excluding hydrogens is 203 g/mol. The summed E-state index contributed by atoms with van der Waals surface area (Å²) >= 11 is 0. The van der Waals surface area contributed by atoms with Crippen LogP contribution in [0.2, 0.25) is 0 Å². The largest absolute Gasteiger partial charge is 0.504 e. The molecule has 1 aromatic heterocycles. The maximum atomic E-state index is 12.8. The van der Waals surface area contributed by atoms with E-state index in [-0.39, 0.29) is 11.4 Å². The van der Waals surface area contributed by atoms with Crippen LogP contribution in [0.4, 0.5) is 10.3 Å². The summed E-state index contributed by atoms with van der Waals surface area (Å²) in [4.78, 5) is 0. The molecule has 78 valence electrons. The number of hydrogen-bond acceptors (Lipinski definition) is 5. The predicted molar refractivity (Wildman–Crippen MR) is 49.6 cm³/mol. The van der Waals surface area contributed by atoms with Crippen LogP contribution in [-0.4, -0.2) is 15.4 Å². The highest BCUT2D eigenvalue weighted by molar-refractivity contribution is 5.78. The van der Waals surface area contributed by atoms with Crippen LogP contribution >= 0.6 is 0 Å². The van der Waals surface area contributed by atoms with Gasteiger partial charge in [0.1, 0.15) is 0 Å². The van der Waals surface area contributed by atoms with Crippen molar-refractivity contribution in [1.82, 2.24) is 5.16 Å². The van der Waals surface area contributed by atoms with Crippen molar-refractivity contribution in [2.75, 3.05) is 5.73 Å². The second-order valence-electron chi connectivity index (χ2n) is 2.90. The molecule has 0 aliphatic rings. The first-order chi connectivity index (χ1) is 7.11. The molecule has 0 aliphatic heterocycles. The van der Waals surface area contributed by atoms with E-state index in [2.05, 4.69) is 9.68 Å². The van der Waals surface area contributed by atoms with Crippen molar-refractivity contribution < 1.29 is 19.1 Å². The third-order valence-corrected chi connectivity index (χ3v) is 1.99. The number of halogens is 1. The van der Waals surface area contributed by atoms with E-state index in [4.69, 9.17) is 10.8 Å². The van der Waals surface area contributed by atoms with Gasteiger partial charge in [0, 0.05) is 5.56 Å². The third kappa shape index (κ3) is 1.35. The number of nitrogens with two attached hydrogens (primary N) is 1. The number of aromatic nitrogens is 1. The van der Waals surface area contributed by atoms with E-state index in [0.717, 1.165) is 6.07 Å². The zero-order chi connectivity index (χ0) is 11.0. The number of anilines is 1. The van der Waals surface area contributed by atoms with Crippen LogP contribution in [-0.2, 0) is 0 Å². The minimum atomic E-state index is -0.911. The Hall–Kier alpha value is -2.24. The first-order valence-corrected chi connectivity index (χ1v) is 4.02. The van der Waals surface area contributed by atoms with Gasteiger partial charge in [-0.3, -0.25) is 0 Å². The minimum absolute atomic E-state index is 0.0173. The normalized spacial score (nSPS) is 10.5. The molecular formula is C9H7FN2O3. The van der Waals surface area contributed by atoms with Gasteiger partial charge in [0.2, 0.25) is 5.88 Å². The van der Waals surface area contributed by atoms with Gasteiger partial charge in [0.25, 0.3) is 0 Å². The topological polar surface area (TPSA) is 92.5 Å². The molecule has 0 aliphatic carbocycles. The molecule has 0 fully saturated rings. The Morgan fingerprint density at radius 3 is 2.53 bits per heavy atom. The Morgan fingerprint density at radius 1 is 1.20 bits per heavy atom. The molecule has 6 heteroatoms. The van der Waals surface area contributed by atoms with Gasteiger partial charge < -0.3 is 20.5 Å². The zero-order valence-corrected chi connectivity index (χ0v) is 7.44. The fourth-order valence-corrected chi connectivity index (χ4v) is 1.22. The number of phenolic OH excluding ortho intramolecular Hbond substituents is 2. The highest BCUT2D eigenvalue weighted by Crippen LogP contribution is 2.39. The molecule has 5 nitrogen and oxygen atoms in total. The third-order valence-electron chi connectivity index (χ3n) is 1.99. The average Bonchev–Trinajstić information content (AvgIpc) is 2.62. The van der Waals surface area contributed by atoms with Crippen LogP contribution in [0.15, 0.2) is 22.9 Å². The predicted octanol–water partition coefficient (Wildman–Crippen LogP) is 1.47. The highest BCUT2D eigenvalue weighted by Gasteiger charge is 2.16. The van der Waals surface area contributed by atoms with Gasteiger partial charge in [-0.25, -0.2) is 4.39 Å². The minimum Gasteiger partial charge on any atom is -0.504 e. The summed E-state index contributed by atoms with van der Waals surface area (Å²) in [6, 6.07) is 2.28. The smallest absolute Gasteiger partial charge is 0.230 e. The lowest BCUT2D eigenvalue weighted by Gasteiger charge is -2.04. The fraction of sp³-hybridized carbons (Fsp3) is 0. The first-order valence-electron chi connectivity index (χ1n) is 4.02. The fourth-order valence-electron chi connectivity index (χ4n) is 1.22. The average molecular weight is 210 g/mol. The summed E-state index contributed by atoms with van der Waals surface area (Å²) in [6.07, 6.45) is 1.27.